The summed E-state index contributed by atoms with van der Waals surface area (Å²) in [5.74, 6) is 0. The average molecular weight is 302 g/mol. The van der Waals surface area contributed by atoms with Crippen LogP contribution in [0.15, 0.2) is 72.8 Å². The van der Waals surface area contributed by atoms with E-state index in [-0.39, 0.29) is 0 Å². The summed E-state index contributed by atoms with van der Waals surface area (Å²) < 4.78 is 0. The van der Waals surface area contributed by atoms with Crippen LogP contribution >= 0.6 is 0 Å². The summed E-state index contributed by atoms with van der Waals surface area (Å²) in [6.45, 7) is 5.08. The van der Waals surface area contributed by atoms with Crippen LogP contribution in [0.25, 0.3) is 0 Å². The van der Waals surface area contributed by atoms with Gasteiger partial charge in [0.25, 0.3) is 0 Å². The second-order valence-corrected chi connectivity index (χ2v) is 5.77. The summed E-state index contributed by atoms with van der Waals surface area (Å²) in [6, 6.07) is 25.1. The average Bonchev–Trinajstić information content (AvgIpc) is 2.57. The largest absolute Gasteiger partial charge is 0.380 e. The van der Waals surface area contributed by atoms with Crippen LogP contribution in [-0.2, 0) is 6.54 Å². The molecular weight excluding hydrogens is 280 g/mol. The fourth-order valence-corrected chi connectivity index (χ4v) is 2.75. The monoisotopic (exact) mass is 302 g/mol. The first-order valence-electron chi connectivity index (χ1n) is 7.94. The first kappa shape index (κ1) is 15.2. The maximum absolute atomic E-state index is 3.58. The van der Waals surface area contributed by atoms with E-state index >= 15 is 0 Å². The molecule has 0 atom stereocenters. The van der Waals surface area contributed by atoms with Gasteiger partial charge in [0.15, 0.2) is 0 Å². The number of nitrogens with one attached hydrogen (secondary N) is 2. The molecule has 3 aromatic carbocycles. The molecule has 2 heteroatoms. The highest BCUT2D eigenvalue weighted by molar-refractivity contribution is 5.64. The summed E-state index contributed by atoms with van der Waals surface area (Å²) in [5, 5.41) is 7.08. The molecule has 2 nitrogen and oxygen atoms in total. The number of benzene rings is 3. The summed E-state index contributed by atoms with van der Waals surface area (Å²) in [7, 11) is 0. The molecule has 0 bridgehead atoms. The van der Waals surface area contributed by atoms with Crippen molar-refractivity contribution in [1.82, 2.24) is 0 Å². The molecular formula is C21H22N2. The fraction of sp³-hybridized carbons (Fsp3) is 0.143. The zero-order chi connectivity index (χ0) is 16.1. The standard InChI is InChI=1S/C21H22N2/c1-16-9-8-10-17(2)21(16)22-15-18-11-6-7-14-20(18)23-19-12-4-3-5-13-19/h3-14,22-23H,15H2,1-2H3. The molecule has 0 radical (unpaired) electrons. The Morgan fingerprint density at radius 1 is 0.696 bits per heavy atom. The van der Waals surface area contributed by atoms with E-state index in [1.54, 1.807) is 0 Å². The van der Waals surface area contributed by atoms with Crippen molar-refractivity contribution in [1.29, 1.82) is 0 Å². The van der Waals surface area contributed by atoms with Crippen molar-refractivity contribution < 1.29 is 0 Å². The van der Waals surface area contributed by atoms with E-state index in [1.807, 2.05) is 18.2 Å². The molecule has 0 aliphatic rings. The number of rotatable bonds is 5. The maximum Gasteiger partial charge on any atom is 0.0434 e. The van der Waals surface area contributed by atoms with Gasteiger partial charge in [-0.25, -0.2) is 0 Å². The molecule has 0 aliphatic heterocycles. The molecule has 3 rings (SSSR count). The Kier molecular flexibility index (Phi) is 4.62. The van der Waals surface area contributed by atoms with Crippen LogP contribution in [0.1, 0.15) is 16.7 Å². The van der Waals surface area contributed by atoms with Crippen LogP contribution in [0.3, 0.4) is 0 Å². The summed E-state index contributed by atoms with van der Waals surface area (Å²) >= 11 is 0. The molecule has 0 saturated carbocycles. The van der Waals surface area contributed by atoms with Gasteiger partial charge >= 0.3 is 0 Å². The molecule has 23 heavy (non-hydrogen) atoms. The number of anilines is 3. The van der Waals surface area contributed by atoms with Crippen LogP contribution < -0.4 is 10.6 Å². The minimum atomic E-state index is 0.793. The molecule has 0 unspecified atom stereocenters. The van der Waals surface area contributed by atoms with E-state index in [2.05, 4.69) is 79.1 Å². The zero-order valence-electron chi connectivity index (χ0n) is 13.6. The Labute approximate surface area is 138 Å². The van der Waals surface area contributed by atoms with Gasteiger partial charge in [0, 0.05) is 23.6 Å². The van der Waals surface area contributed by atoms with E-state index in [0.717, 1.165) is 17.9 Å². The van der Waals surface area contributed by atoms with Gasteiger partial charge in [-0.05, 0) is 48.7 Å². The third kappa shape index (κ3) is 3.72. The lowest BCUT2D eigenvalue weighted by Crippen LogP contribution is -2.05. The van der Waals surface area contributed by atoms with Gasteiger partial charge < -0.3 is 10.6 Å². The fourth-order valence-electron chi connectivity index (χ4n) is 2.75. The lowest BCUT2D eigenvalue weighted by atomic mass is 10.1. The normalized spacial score (nSPS) is 10.3. The van der Waals surface area contributed by atoms with Gasteiger partial charge in [-0.2, -0.15) is 0 Å². The predicted molar refractivity (Wildman–Crippen MR) is 99.4 cm³/mol. The molecule has 0 amide bonds. The topological polar surface area (TPSA) is 24.1 Å². The molecule has 3 aromatic rings. The van der Waals surface area contributed by atoms with Crippen LogP contribution in [0.4, 0.5) is 17.1 Å². The Morgan fingerprint density at radius 3 is 2.09 bits per heavy atom. The summed E-state index contributed by atoms with van der Waals surface area (Å²) in [4.78, 5) is 0. The number of hydrogen-bond acceptors (Lipinski definition) is 2. The number of para-hydroxylation sites is 3. The van der Waals surface area contributed by atoms with E-state index in [4.69, 9.17) is 0 Å². The van der Waals surface area contributed by atoms with Gasteiger partial charge in [0.05, 0.1) is 0 Å². The van der Waals surface area contributed by atoms with E-state index < -0.39 is 0 Å². The van der Waals surface area contributed by atoms with Crippen molar-refractivity contribution >= 4 is 17.1 Å². The third-order valence-corrected chi connectivity index (χ3v) is 4.01. The van der Waals surface area contributed by atoms with Crippen molar-refractivity contribution in [3.63, 3.8) is 0 Å². The second kappa shape index (κ2) is 7.01. The molecule has 116 valence electrons. The van der Waals surface area contributed by atoms with Crippen molar-refractivity contribution in [2.24, 2.45) is 0 Å². The van der Waals surface area contributed by atoms with Gasteiger partial charge in [-0.1, -0.05) is 54.6 Å². The smallest absolute Gasteiger partial charge is 0.0434 e. The first-order valence-corrected chi connectivity index (χ1v) is 7.94. The van der Waals surface area contributed by atoms with Crippen LogP contribution in [0.5, 0.6) is 0 Å². The van der Waals surface area contributed by atoms with E-state index in [0.29, 0.717) is 0 Å². The van der Waals surface area contributed by atoms with E-state index in [9.17, 15) is 0 Å². The molecule has 0 aliphatic carbocycles. The van der Waals surface area contributed by atoms with Crippen molar-refractivity contribution in [2.75, 3.05) is 10.6 Å². The molecule has 0 spiro atoms. The zero-order valence-corrected chi connectivity index (χ0v) is 13.6. The highest BCUT2D eigenvalue weighted by Crippen LogP contribution is 2.24. The molecule has 0 aromatic heterocycles. The highest BCUT2D eigenvalue weighted by Gasteiger charge is 2.05. The Hall–Kier alpha value is -2.74. The quantitative estimate of drug-likeness (QED) is 0.635. The van der Waals surface area contributed by atoms with Crippen LogP contribution in [0.2, 0.25) is 0 Å². The predicted octanol–water partition coefficient (Wildman–Crippen LogP) is 5.66. The molecule has 0 fully saturated rings. The van der Waals surface area contributed by atoms with Gasteiger partial charge in [0.1, 0.15) is 0 Å². The Bertz CT molecular complexity index is 759. The van der Waals surface area contributed by atoms with Crippen molar-refractivity contribution in [2.45, 2.75) is 20.4 Å². The first-order chi connectivity index (χ1) is 11.2. The van der Waals surface area contributed by atoms with Crippen LogP contribution in [-0.4, -0.2) is 0 Å². The number of hydrogen-bond donors (Lipinski definition) is 2. The molecule has 2 N–H and O–H groups in total. The summed E-state index contributed by atoms with van der Waals surface area (Å²) in [6.07, 6.45) is 0. The minimum Gasteiger partial charge on any atom is -0.380 e. The molecule has 0 saturated heterocycles. The second-order valence-electron chi connectivity index (χ2n) is 5.77. The Morgan fingerprint density at radius 2 is 1.35 bits per heavy atom. The van der Waals surface area contributed by atoms with Crippen molar-refractivity contribution in [3.05, 3.63) is 89.5 Å². The van der Waals surface area contributed by atoms with E-state index in [1.165, 1.54) is 22.4 Å². The summed E-state index contributed by atoms with van der Waals surface area (Å²) in [5.41, 5.74) is 7.27. The minimum absolute atomic E-state index is 0.793. The number of aryl methyl sites for hydroxylation is 2. The lowest BCUT2D eigenvalue weighted by molar-refractivity contribution is 1.13. The van der Waals surface area contributed by atoms with Gasteiger partial charge in [0.2, 0.25) is 0 Å². The maximum atomic E-state index is 3.58. The molecule has 0 heterocycles. The van der Waals surface area contributed by atoms with Gasteiger partial charge in [-0.3, -0.25) is 0 Å². The highest BCUT2D eigenvalue weighted by atomic mass is 14.9. The SMILES string of the molecule is Cc1cccc(C)c1NCc1ccccc1Nc1ccccc1. The third-order valence-electron chi connectivity index (χ3n) is 4.01. The van der Waals surface area contributed by atoms with Crippen molar-refractivity contribution in [3.8, 4) is 0 Å². The van der Waals surface area contributed by atoms with Crippen LogP contribution in [0, 0.1) is 13.8 Å². The van der Waals surface area contributed by atoms with Gasteiger partial charge in [-0.15, -0.1) is 0 Å². The Balaban J connectivity index is 1.78. The lowest BCUT2D eigenvalue weighted by Gasteiger charge is -2.16.